The average molecular weight is 427 g/mol. The second kappa shape index (κ2) is 5.47. The quantitative estimate of drug-likeness (QED) is 0.557. The number of carbonyl (C=O) groups is 2. The molecule has 2 aromatic rings. The Morgan fingerprint density at radius 2 is 1.68 bits per heavy atom. The second-order valence-electron chi connectivity index (χ2n) is 4.74. The topological polar surface area (TPSA) is 71.5 Å². The summed E-state index contributed by atoms with van der Waals surface area (Å²) in [7, 11) is -3.95. The summed E-state index contributed by atoms with van der Waals surface area (Å²) in [6.07, 6.45) is 0. The summed E-state index contributed by atoms with van der Waals surface area (Å²) in [6.45, 7) is -0.490. The van der Waals surface area contributed by atoms with Crippen molar-refractivity contribution in [2.24, 2.45) is 0 Å². The Hall–Kier alpha value is -1.74. The molecule has 0 aromatic heterocycles. The molecule has 0 bridgehead atoms. The Balaban J connectivity index is 1.92. The number of carbonyl (C=O) groups excluding carboxylic acids is 2. The molecule has 7 heteroatoms. The second-order valence-corrected chi connectivity index (χ2v) is 7.82. The van der Waals surface area contributed by atoms with Crippen molar-refractivity contribution in [2.75, 3.05) is 6.54 Å². The number of benzene rings is 2. The van der Waals surface area contributed by atoms with Gasteiger partial charge in [0.25, 0.3) is 15.9 Å². The Morgan fingerprint density at radius 1 is 1.05 bits per heavy atom. The van der Waals surface area contributed by atoms with E-state index >= 15 is 0 Å². The first-order valence-corrected chi connectivity index (χ1v) is 8.88. The first-order chi connectivity index (χ1) is 10.4. The van der Waals surface area contributed by atoms with Crippen LogP contribution >= 0.6 is 22.6 Å². The van der Waals surface area contributed by atoms with Gasteiger partial charge in [0, 0.05) is 9.13 Å². The van der Waals surface area contributed by atoms with Crippen LogP contribution in [0.5, 0.6) is 0 Å². The van der Waals surface area contributed by atoms with E-state index in [0.29, 0.717) is 9.87 Å². The van der Waals surface area contributed by atoms with Gasteiger partial charge in [0.15, 0.2) is 5.78 Å². The highest BCUT2D eigenvalue weighted by atomic mass is 127. The predicted molar refractivity (Wildman–Crippen MR) is 88.2 cm³/mol. The molecular weight excluding hydrogens is 417 g/mol. The van der Waals surface area contributed by atoms with Gasteiger partial charge in [0.05, 0.1) is 5.56 Å². The van der Waals surface area contributed by atoms with E-state index < -0.39 is 28.3 Å². The van der Waals surface area contributed by atoms with Crippen LogP contribution in [-0.4, -0.2) is 31.0 Å². The smallest absolute Gasteiger partial charge is 0.269 e. The van der Waals surface area contributed by atoms with Crippen LogP contribution in [0.1, 0.15) is 20.7 Å². The zero-order valence-corrected chi connectivity index (χ0v) is 14.2. The lowest BCUT2D eigenvalue weighted by molar-refractivity contribution is 0.0820. The van der Waals surface area contributed by atoms with E-state index in [9.17, 15) is 18.0 Å². The lowest BCUT2D eigenvalue weighted by atomic mass is 10.1. The summed E-state index contributed by atoms with van der Waals surface area (Å²) >= 11 is 2.11. The van der Waals surface area contributed by atoms with Crippen molar-refractivity contribution in [2.45, 2.75) is 4.90 Å². The minimum absolute atomic E-state index is 0.0459. The Labute approximate surface area is 141 Å². The molecule has 5 nitrogen and oxygen atoms in total. The van der Waals surface area contributed by atoms with Crippen molar-refractivity contribution in [3.05, 3.63) is 63.2 Å². The third kappa shape index (κ3) is 2.44. The van der Waals surface area contributed by atoms with Gasteiger partial charge in [-0.15, -0.1) is 0 Å². The van der Waals surface area contributed by atoms with Crippen molar-refractivity contribution in [1.29, 1.82) is 0 Å². The van der Waals surface area contributed by atoms with Crippen LogP contribution in [0.3, 0.4) is 0 Å². The number of Topliss-reactive ketones (excluding diaryl/α,β-unsaturated/α-hetero) is 1. The largest absolute Gasteiger partial charge is 0.292 e. The van der Waals surface area contributed by atoms with Gasteiger partial charge in [0.1, 0.15) is 11.4 Å². The van der Waals surface area contributed by atoms with E-state index in [2.05, 4.69) is 22.6 Å². The van der Waals surface area contributed by atoms with Gasteiger partial charge in [0.2, 0.25) is 0 Å². The van der Waals surface area contributed by atoms with Crippen LogP contribution in [0.4, 0.5) is 0 Å². The highest BCUT2D eigenvalue weighted by molar-refractivity contribution is 14.1. The van der Waals surface area contributed by atoms with Gasteiger partial charge >= 0.3 is 0 Å². The molecule has 0 N–H and O–H groups in total. The first kappa shape index (κ1) is 15.2. The monoisotopic (exact) mass is 427 g/mol. The summed E-state index contributed by atoms with van der Waals surface area (Å²) in [4.78, 5) is 24.4. The number of halogens is 1. The van der Waals surface area contributed by atoms with Gasteiger partial charge in [-0.2, -0.15) is 0 Å². The number of sulfonamides is 1. The van der Waals surface area contributed by atoms with Gasteiger partial charge in [-0.25, -0.2) is 12.7 Å². The Bertz CT molecular complexity index is 875. The molecule has 0 fully saturated rings. The van der Waals surface area contributed by atoms with E-state index in [-0.39, 0.29) is 10.5 Å². The third-order valence-electron chi connectivity index (χ3n) is 3.37. The van der Waals surface area contributed by atoms with E-state index in [0.717, 1.165) is 3.57 Å². The van der Waals surface area contributed by atoms with Crippen LogP contribution in [0.15, 0.2) is 53.4 Å². The number of hydrogen-bond donors (Lipinski definition) is 0. The van der Waals surface area contributed by atoms with Gasteiger partial charge < -0.3 is 0 Å². The molecule has 1 aliphatic heterocycles. The molecule has 112 valence electrons. The number of nitrogens with zero attached hydrogens (tertiary/aromatic N) is 1. The molecule has 0 aliphatic carbocycles. The highest BCUT2D eigenvalue weighted by Gasteiger charge is 2.41. The van der Waals surface area contributed by atoms with E-state index in [1.165, 1.54) is 12.1 Å². The number of ketones is 1. The maximum absolute atomic E-state index is 12.4. The van der Waals surface area contributed by atoms with Crippen molar-refractivity contribution in [3.63, 3.8) is 0 Å². The zero-order valence-electron chi connectivity index (χ0n) is 11.2. The fourth-order valence-corrected chi connectivity index (χ4v) is 4.13. The maximum atomic E-state index is 12.4. The standard InChI is InChI=1S/C15H10INO4S/c16-11-7-5-10(6-8-11)13(18)9-17-15(19)12-3-1-2-4-14(12)22(17,20)21/h1-8H,9H2. The molecule has 0 radical (unpaired) electrons. The molecule has 0 spiro atoms. The molecular formula is C15H10INO4S. The van der Waals surface area contributed by atoms with Crippen LogP contribution in [0.25, 0.3) is 0 Å². The fraction of sp³-hybridized carbons (Fsp3) is 0.0667. The number of fused-ring (bicyclic) bond motifs is 1. The normalized spacial score (nSPS) is 15.7. The van der Waals surface area contributed by atoms with E-state index in [1.54, 1.807) is 36.4 Å². The number of amides is 1. The minimum atomic E-state index is -3.95. The average Bonchev–Trinajstić information content (AvgIpc) is 2.69. The van der Waals surface area contributed by atoms with Crippen LogP contribution < -0.4 is 0 Å². The lowest BCUT2D eigenvalue weighted by Crippen LogP contribution is -2.35. The third-order valence-corrected chi connectivity index (χ3v) is 5.87. The van der Waals surface area contributed by atoms with E-state index in [1.807, 2.05) is 0 Å². The van der Waals surface area contributed by atoms with Crippen molar-refractivity contribution < 1.29 is 18.0 Å². The van der Waals surface area contributed by atoms with Crippen molar-refractivity contribution in [1.82, 2.24) is 4.31 Å². The molecule has 1 heterocycles. The summed E-state index contributed by atoms with van der Waals surface area (Å²) in [5, 5.41) is 0. The Morgan fingerprint density at radius 3 is 2.32 bits per heavy atom. The molecule has 1 amide bonds. The summed E-state index contributed by atoms with van der Waals surface area (Å²) < 4.78 is 26.3. The molecule has 0 atom stereocenters. The van der Waals surface area contributed by atoms with Gasteiger partial charge in [-0.3, -0.25) is 9.59 Å². The zero-order chi connectivity index (χ0) is 15.9. The van der Waals surface area contributed by atoms with E-state index in [4.69, 9.17) is 0 Å². The molecule has 0 unspecified atom stereocenters. The van der Waals surface area contributed by atoms with Crippen molar-refractivity contribution >= 4 is 44.3 Å². The highest BCUT2D eigenvalue weighted by Crippen LogP contribution is 2.29. The maximum Gasteiger partial charge on any atom is 0.269 e. The molecule has 3 rings (SSSR count). The van der Waals surface area contributed by atoms with Crippen LogP contribution in [0.2, 0.25) is 0 Å². The Kier molecular flexibility index (Phi) is 3.77. The van der Waals surface area contributed by atoms with Gasteiger partial charge in [-0.1, -0.05) is 24.3 Å². The SMILES string of the molecule is O=C(CN1C(=O)c2ccccc2S1(=O)=O)c1ccc(I)cc1. The molecule has 0 saturated heterocycles. The predicted octanol–water partition coefficient (Wildman–Crippen LogP) is 2.32. The van der Waals surface area contributed by atoms with Gasteiger partial charge in [-0.05, 0) is 46.9 Å². The molecule has 22 heavy (non-hydrogen) atoms. The lowest BCUT2D eigenvalue weighted by Gasteiger charge is -2.14. The molecule has 0 saturated carbocycles. The minimum Gasteiger partial charge on any atom is -0.292 e. The van der Waals surface area contributed by atoms with Crippen LogP contribution in [0, 0.1) is 3.57 Å². The number of hydrogen-bond acceptors (Lipinski definition) is 4. The summed E-state index contributed by atoms with van der Waals surface area (Å²) in [6, 6.07) is 12.7. The first-order valence-electron chi connectivity index (χ1n) is 6.36. The molecule has 1 aliphatic rings. The molecule has 2 aromatic carbocycles. The number of rotatable bonds is 3. The van der Waals surface area contributed by atoms with Crippen molar-refractivity contribution in [3.8, 4) is 0 Å². The fourth-order valence-electron chi connectivity index (χ4n) is 2.24. The van der Waals surface area contributed by atoms with Crippen LogP contribution in [-0.2, 0) is 10.0 Å². The summed E-state index contributed by atoms with van der Waals surface area (Å²) in [5.74, 6) is -1.07. The summed E-state index contributed by atoms with van der Waals surface area (Å²) in [5.41, 5.74) is 0.484.